The first kappa shape index (κ1) is 13.7. The summed E-state index contributed by atoms with van der Waals surface area (Å²) in [7, 11) is 1.24. The molecule has 0 saturated heterocycles. The molecule has 0 spiro atoms. The fraction of sp³-hybridized carbons (Fsp3) is 0.308. The molecule has 0 radical (unpaired) electrons. The Kier molecular flexibility index (Phi) is 4.05. The Hall–Kier alpha value is -2.35. The minimum absolute atomic E-state index is 0.191. The molecule has 5 nitrogen and oxygen atoms in total. The highest BCUT2D eigenvalue weighted by Crippen LogP contribution is 2.23. The quantitative estimate of drug-likeness (QED) is 0.818. The van der Waals surface area contributed by atoms with Crippen LogP contribution >= 0.6 is 0 Å². The highest BCUT2D eigenvalue weighted by molar-refractivity contribution is 5.86. The summed E-state index contributed by atoms with van der Waals surface area (Å²) in [5.74, 6) is -0.631. The van der Waals surface area contributed by atoms with Crippen molar-refractivity contribution in [3.05, 3.63) is 35.5 Å². The van der Waals surface area contributed by atoms with Crippen LogP contribution in [-0.2, 0) is 14.9 Å². The van der Waals surface area contributed by atoms with Crippen LogP contribution in [0.4, 0.5) is 0 Å². The van der Waals surface area contributed by atoms with Crippen molar-refractivity contribution in [2.24, 2.45) is 0 Å². The SMILES string of the molecule is C/C=C\n1ccc(C(C)(C#N)C(=O)OC)cc1=N. The molecule has 18 heavy (non-hydrogen) atoms. The van der Waals surface area contributed by atoms with Gasteiger partial charge in [-0.25, -0.2) is 4.79 Å². The lowest BCUT2D eigenvalue weighted by Crippen LogP contribution is -2.33. The highest BCUT2D eigenvalue weighted by atomic mass is 16.5. The molecular weight excluding hydrogens is 230 g/mol. The van der Waals surface area contributed by atoms with E-state index in [2.05, 4.69) is 4.74 Å². The smallest absolute Gasteiger partial charge is 0.330 e. The van der Waals surface area contributed by atoms with Crippen LogP contribution in [0.3, 0.4) is 0 Å². The van der Waals surface area contributed by atoms with Crippen molar-refractivity contribution in [3.63, 3.8) is 0 Å². The van der Waals surface area contributed by atoms with Crippen LogP contribution in [0.15, 0.2) is 24.4 Å². The topological polar surface area (TPSA) is 78.9 Å². The predicted molar refractivity (Wildman–Crippen MR) is 66.3 cm³/mol. The average Bonchev–Trinajstić information content (AvgIpc) is 2.39. The summed E-state index contributed by atoms with van der Waals surface area (Å²) in [6.45, 7) is 3.32. The van der Waals surface area contributed by atoms with E-state index >= 15 is 0 Å². The number of carbonyl (C=O) groups excluding carboxylic acids is 1. The maximum absolute atomic E-state index is 11.7. The fourth-order valence-corrected chi connectivity index (χ4v) is 1.54. The van der Waals surface area contributed by atoms with Crippen LogP contribution in [0.5, 0.6) is 0 Å². The van der Waals surface area contributed by atoms with Gasteiger partial charge in [-0.05, 0) is 31.5 Å². The number of nitrogens with one attached hydrogen (secondary N) is 1. The van der Waals surface area contributed by atoms with Gasteiger partial charge in [-0.3, -0.25) is 5.41 Å². The monoisotopic (exact) mass is 245 g/mol. The summed E-state index contributed by atoms with van der Waals surface area (Å²) in [5.41, 5.74) is -0.752. The number of rotatable bonds is 3. The highest BCUT2D eigenvalue weighted by Gasteiger charge is 2.36. The van der Waals surface area contributed by atoms with Crippen LogP contribution in [-0.4, -0.2) is 17.6 Å². The van der Waals surface area contributed by atoms with E-state index in [9.17, 15) is 10.1 Å². The van der Waals surface area contributed by atoms with Crippen molar-refractivity contribution in [2.45, 2.75) is 19.3 Å². The zero-order chi connectivity index (χ0) is 13.8. The molecule has 1 aromatic rings. The van der Waals surface area contributed by atoms with Crippen molar-refractivity contribution in [1.29, 1.82) is 10.7 Å². The Morgan fingerprint density at radius 1 is 1.67 bits per heavy atom. The number of carbonyl (C=O) groups is 1. The number of nitriles is 1. The number of aromatic nitrogens is 1. The third kappa shape index (κ3) is 2.33. The van der Waals surface area contributed by atoms with E-state index in [1.807, 2.05) is 13.0 Å². The molecule has 1 aromatic heterocycles. The average molecular weight is 245 g/mol. The van der Waals surface area contributed by atoms with Crippen molar-refractivity contribution in [3.8, 4) is 6.07 Å². The first-order valence-electron chi connectivity index (χ1n) is 5.39. The number of hydrogen-bond donors (Lipinski definition) is 1. The molecule has 0 amide bonds. The Labute approximate surface area is 105 Å². The van der Waals surface area contributed by atoms with Crippen molar-refractivity contribution >= 4 is 12.2 Å². The number of methoxy groups -OCH3 is 1. The van der Waals surface area contributed by atoms with Gasteiger partial charge >= 0.3 is 5.97 Å². The van der Waals surface area contributed by atoms with E-state index in [0.29, 0.717) is 5.56 Å². The molecule has 5 heteroatoms. The summed E-state index contributed by atoms with van der Waals surface area (Å²) in [6, 6.07) is 5.06. The lowest BCUT2D eigenvalue weighted by atomic mass is 9.84. The number of allylic oxidation sites excluding steroid dienone is 1. The molecule has 1 N–H and O–H groups in total. The fourth-order valence-electron chi connectivity index (χ4n) is 1.54. The Balaban J connectivity index is 3.35. The van der Waals surface area contributed by atoms with E-state index in [0.717, 1.165) is 0 Å². The second kappa shape index (κ2) is 5.32. The number of ether oxygens (including phenoxy) is 1. The van der Waals surface area contributed by atoms with Crippen LogP contribution in [0.25, 0.3) is 6.20 Å². The van der Waals surface area contributed by atoms with E-state index in [-0.39, 0.29) is 5.49 Å². The van der Waals surface area contributed by atoms with Gasteiger partial charge in [0, 0.05) is 12.4 Å². The summed E-state index contributed by atoms with van der Waals surface area (Å²) in [5, 5.41) is 17.0. The summed E-state index contributed by atoms with van der Waals surface area (Å²) in [4.78, 5) is 11.7. The van der Waals surface area contributed by atoms with Gasteiger partial charge in [0.2, 0.25) is 0 Å². The lowest BCUT2D eigenvalue weighted by Gasteiger charge is -2.19. The van der Waals surface area contributed by atoms with Crippen LogP contribution in [0.1, 0.15) is 19.4 Å². The Morgan fingerprint density at radius 3 is 2.78 bits per heavy atom. The van der Waals surface area contributed by atoms with Gasteiger partial charge in [0.05, 0.1) is 13.2 Å². The molecule has 1 heterocycles. The maximum Gasteiger partial charge on any atom is 0.330 e. The molecule has 0 aliphatic heterocycles. The van der Waals surface area contributed by atoms with Gasteiger partial charge < -0.3 is 9.30 Å². The Bertz CT molecular complexity index is 581. The largest absolute Gasteiger partial charge is 0.468 e. The van der Waals surface area contributed by atoms with E-state index in [1.54, 1.807) is 29.1 Å². The predicted octanol–water partition coefficient (Wildman–Crippen LogP) is 1.41. The molecule has 0 saturated carbocycles. The molecule has 0 fully saturated rings. The first-order valence-corrected chi connectivity index (χ1v) is 5.39. The molecule has 1 atom stereocenters. The molecular formula is C13H15N3O2. The zero-order valence-electron chi connectivity index (χ0n) is 10.6. The second-order valence-corrected chi connectivity index (χ2v) is 3.92. The lowest BCUT2D eigenvalue weighted by molar-refractivity contribution is -0.144. The third-order valence-electron chi connectivity index (χ3n) is 2.69. The van der Waals surface area contributed by atoms with Crippen molar-refractivity contribution in [2.75, 3.05) is 7.11 Å². The molecule has 0 bridgehead atoms. The van der Waals surface area contributed by atoms with Crippen LogP contribution in [0, 0.1) is 16.7 Å². The summed E-state index contributed by atoms with van der Waals surface area (Å²) < 4.78 is 6.22. The van der Waals surface area contributed by atoms with E-state index < -0.39 is 11.4 Å². The molecule has 1 rings (SSSR count). The summed E-state index contributed by atoms with van der Waals surface area (Å²) in [6.07, 6.45) is 5.14. The second-order valence-electron chi connectivity index (χ2n) is 3.92. The minimum Gasteiger partial charge on any atom is -0.468 e. The number of nitrogens with zero attached hydrogens (tertiary/aromatic N) is 2. The minimum atomic E-state index is -1.39. The van der Waals surface area contributed by atoms with Gasteiger partial charge in [-0.2, -0.15) is 5.26 Å². The molecule has 0 aromatic carbocycles. The normalized spacial score (nSPS) is 13.9. The number of esters is 1. The maximum atomic E-state index is 11.7. The van der Waals surface area contributed by atoms with E-state index in [1.165, 1.54) is 20.1 Å². The van der Waals surface area contributed by atoms with Gasteiger partial charge in [0.25, 0.3) is 0 Å². The number of hydrogen-bond acceptors (Lipinski definition) is 4. The van der Waals surface area contributed by atoms with Gasteiger partial charge in [-0.1, -0.05) is 6.08 Å². The molecule has 0 aliphatic rings. The van der Waals surface area contributed by atoms with Gasteiger partial charge in [0.1, 0.15) is 5.49 Å². The number of pyridine rings is 1. The summed E-state index contributed by atoms with van der Waals surface area (Å²) >= 11 is 0. The Morgan fingerprint density at radius 2 is 2.33 bits per heavy atom. The zero-order valence-corrected chi connectivity index (χ0v) is 10.6. The first-order chi connectivity index (χ1) is 8.49. The molecule has 0 aliphatic carbocycles. The molecule has 1 unspecified atom stereocenters. The van der Waals surface area contributed by atoms with Crippen LogP contribution in [0.2, 0.25) is 0 Å². The van der Waals surface area contributed by atoms with E-state index in [4.69, 9.17) is 5.41 Å². The standard InChI is InChI=1S/C13H15N3O2/c1-4-6-16-7-5-10(8-11(16)15)13(2,9-14)12(17)18-3/h4-8,15H,1-3H3/b6-4-,15-11?. The molecule has 94 valence electrons. The van der Waals surface area contributed by atoms with Crippen molar-refractivity contribution < 1.29 is 9.53 Å². The third-order valence-corrected chi connectivity index (χ3v) is 2.69. The van der Waals surface area contributed by atoms with Gasteiger partial charge in [-0.15, -0.1) is 0 Å². The van der Waals surface area contributed by atoms with Crippen LogP contribution < -0.4 is 5.49 Å². The van der Waals surface area contributed by atoms with Crippen molar-refractivity contribution in [1.82, 2.24) is 4.57 Å². The van der Waals surface area contributed by atoms with Gasteiger partial charge in [0.15, 0.2) is 5.41 Å².